The monoisotopic (exact) mass is 626 g/mol. The van der Waals surface area contributed by atoms with Gasteiger partial charge in [-0.1, -0.05) is 56.7 Å². The molecular weight excluding hydrogens is 580 g/mol. The predicted octanol–water partition coefficient (Wildman–Crippen LogP) is 3.68. The molecule has 0 aliphatic carbocycles. The number of thioether (sulfide) groups is 1. The SMILES string of the molecule is CCC(C)[C@@H]1NC(=O)[C@H](Cc2cn(OC)c3ccccc23)NC(=O)[C@H](CCCCSC(C)=O)CC(=O)[C@H]2CCCCN2C1=O. The third-order valence-corrected chi connectivity index (χ3v) is 9.92. The summed E-state index contributed by atoms with van der Waals surface area (Å²) in [7, 11) is 1.56. The van der Waals surface area contributed by atoms with Gasteiger partial charge in [0.2, 0.25) is 17.7 Å². The molecule has 2 saturated heterocycles. The van der Waals surface area contributed by atoms with Gasteiger partial charge in [-0.3, -0.25) is 24.0 Å². The molecule has 2 aromatic rings. The number of benzene rings is 1. The quantitative estimate of drug-likeness (QED) is 0.386. The Hall–Kier alpha value is -3.34. The molecule has 2 aliphatic heterocycles. The minimum absolute atomic E-state index is 0.00541. The van der Waals surface area contributed by atoms with Crippen molar-refractivity contribution in [2.75, 3.05) is 19.4 Å². The van der Waals surface area contributed by atoms with E-state index in [0.717, 1.165) is 35.7 Å². The van der Waals surface area contributed by atoms with E-state index in [0.29, 0.717) is 38.0 Å². The van der Waals surface area contributed by atoms with Gasteiger partial charge in [-0.05, 0) is 49.7 Å². The molecule has 1 unspecified atom stereocenters. The highest BCUT2D eigenvalue weighted by Crippen LogP contribution is 2.27. The summed E-state index contributed by atoms with van der Waals surface area (Å²) in [5.41, 5.74) is 1.65. The van der Waals surface area contributed by atoms with Crippen molar-refractivity contribution in [3.8, 4) is 0 Å². The largest absolute Gasteiger partial charge is 0.417 e. The van der Waals surface area contributed by atoms with Crippen LogP contribution in [0.3, 0.4) is 0 Å². The number of para-hydroxylation sites is 1. The van der Waals surface area contributed by atoms with Gasteiger partial charge in [-0.25, -0.2) is 0 Å². The number of carbonyl (C=O) groups excluding carboxylic acids is 5. The summed E-state index contributed by atoms with van der Waals surface area (Å²) >= 11 is 1.25. The van der Waals surface area contributed by atoms with Gasteiger partial charge in [0.05, 0.1) is 11.6 Å². The van der Waals surface area contributed by atoms with Crippen molar-refractivity contribution in [3.63, 3.8) is 0 Å². The van der Waals surface area contributed by atoms with Crippen LogP contribution in [0, 0.1) is 11.8 Å². The Labute approximate surface area is 264 Å². The molecule has 3 amide bonds. The van der Waals surface area contributed by atoms with Crippen LogP contribution in [0.5, 0.6) is 0 Å². The van der Waals surface area contributed by atoms with E-state index in [9.17, 15) is 24.0 Å². The molecule has 5 atom stereocenters. The Morgan fingerprint density at radius 2 is 1.86 bits per heavy atom. The molecule has 44 heavy (non-hydrogen) atoms. The van der Waals surface area contributed by atoms with Crippen molar-refractivity contribution < 1.29 is 28.8 Å². The average Bonchev–Trinajstić information content (AvgIpc) is 3.38. The third-order valence-electron chi connectivity index (χ3n) is 9.02. The van der Waals surface area contributed by atoms with Gasteiger partial charge in [-0.2, -0.15) is 4.73 Å². The van der Waals surface area contributed by atoms with E-state index in [2.05, 4.69) is 10.6 Å². The van der Waals surface area contributed by atoms with E-state index in [1.807, 2.05) is 44.3 Å². The van der Waals surface area contributed by atoms with Crippen LogP contribution in [0.1, 0.15) is 77.7 Å². The maximum atomic E-state index is 14.0. The molecule has 2 N–H and O–H groups in total. The van der Waals surface area contributed by atoms with E-state index in [1.54, 1.807) is 16.7 Å². The fourth-order valence-electron chi connectivity index (χ4n) is 6.31. The zero-order valence-corrected chi connectivity index (χ0v) is 27.1. The Morgan fingerprint density at radius 3 is 2.59 bits per heavy atom. The van der Waals surface area contributed by atoms with Crippen LogP contribution in [0.2, 0.25) is 0 Å². The van der Waals surface area contributed by atoms with Crippen LogP contribution in [0.25, 0.3) is 10.9 Å². The fraction of sp³-hybridized carbons (Fsp3) is 0.606. The summed E-state index contributed by atoms with van der Waals surface area (Å²) in [5.74, 6) is -1.28. The number of nitrogens with zero attached hydrogens (tertiary/aromatic N) is 2. The van der Waals surface area contributed by atoms with Crippen LogP contribution < -0.4 is 15.5 Å². The number of fused-ring (bicyclic) bond motifs is 2. The minimum atomic E-state index is -0.972. The molecule has 0 saturated carbocycles. The number of nitrogens with one attached hydrogen (secondary N) is 2. The van der Waals surface area contributed by atoms with Crippen molar-refractivity contribution in [2.24, 2.45) is 11.8 Å². The van der Waals surface area contributed by atoms with E-state index in [4.69, 9.17) is 4.84 Å². The van der Waals surface area contributed by atoms with Crippen molar-refractivity contribution >= 4 is 51.3 Å². The molecule has 2 aliphatic rings. The van der Waals surface area contributed by atoms with Gasteiger partial charge < -0.3 is 20.4 Å². The first-order valence-corrected chi connectivity index (χ1v) is 16.8. The lowest BCUT2D eigenvalue weighted by atomic mass is 9.87. The fourth-order valence-corrected chi connectivity index (χ4v) is 6.95. The van der Waals surface area contributed by atoms with E-state index in [1.165, 1.54) is 18.7 Å². The number of carbonyl (C=O) groups is 5. The van der Waals surface area contributed by atoms with E-state index in [-0.39, 0.29) is 41.5 Å². The molecule has 11 heteroatoms. The van der Waals surface area contributed by atoms with Gasteiger partial charge >= 0.3 is 0 Å². The molecule has 1 aromatic heterocycles. The second-order valence-electron chi connectivity index (χ2n) is 12.1. The number of ketones is 1. The lowest BCUT2D eigenvalue weighted by molar-refractivity contribution is -0.147. The normalized spacial score (nSPS) is 24.1. The summed E-state index contributed by atoms with van der Waals surface area (Å²) in [6, 6.07) is 5.29. The molecule has 0 spiro atoms. The molecule has 3 heterocycles. The molecule has 240 valence electrons. The summed E-state index contributed by atoms with van der Waals surface area (Å²) in [4.78, 5) is 74.3. The lowest BCUT2D eigenvalue weighted by Gasteiger charge is -2.39. The highest BCUT2D eigenvalue weighted by atomic mass is 32.2. The maximum absolute atomic E-state index is 14.0. The first kappa shape index (κ1) is 33.6. The minimum Gasteiger partial charge on any atom is -0.417 e. The van der Waals surface area contributed by atoms with Crippen LogP contribution in [-0.4, -0.2) is 75.8 Å². The number of hydrogen-bond acceptors (Lipinski definition) is 7. The summed E-state index contributed by atoms with van der Waals surface area (Å²) in [6.45, 7) is 5.88. The average molecular weight is 627 g/mol. The summed E-state index contributed by atoms with van der Waals surface area (Å²) in [6.07, 6.45) is 6.67. The van der Waals surface area contributed by atoms with Crippen LogP contribution in [0.4, 0.5) is 0 Å². The Kier molecular flexibility index (Phi) is 11.9. The smallest absolute Gasteiger partial charge is 0.246 e. The zero-order valence-electron chi connectivity index (χ0n) is 26.3. The number of rotatable bonds is 10. The first-order chi connectivity index (χ1) is 21.1. The summed E-state index contributed by atoms with van der Waals surface area (Å²) < 4.78 is 1.63. The number of unbranched alkanes of at least 4 members (excludes halogenated alkanes) is 1. The van der Waals surface area contributed by atoms with E-state index >= 15 is 0 Å². The molecule has 0 radical (unpaired) electrons. The number of hydrogen-bond donors (Lipinski definition) is 2. The molecule has 10 nitrogen and oxygen atoms in total. The third kappa shape index (κ3) is 8.02. The molecular formula is C33H46N4O6S. The topological polar surface area (TPSA) is 127 Å². The Bertz CT molecular complexity index is 1360. The Morgan fingerprint density at radius 1 is 1.09 bits per heavy atom. The molecule has 0 bridgehead atoms. The van der Waals surface area contributed by atoms with Crippen LogP contribution in [0.15, 0.2) is 30.5 Å². The predicted molar refractivity (Wildman–Crippen MR) is 171 cm³/mol. The number of aromatic nitrogens is 1. The van der Waals surface area contributed by atoms with Crippen molar-refractivity contribution in [2.45, 2.75) is 96.7 Å². The zero-order chi connectivity index (χ0) is 31.8. The maximum Gasteiger partial charge on any atom is 0.246 e. The second kappa shape index (κ2) is 15.6. The van der Waals surface area contributed by atoms with Crippen molar-refractivity contribution in [1.29, 1.82) is 0 Å². The Balaban J connectivity index is 1.68. The van der Waals surface area contributed by atoms with Gasteiger partial charge in [-0.15, -0.1) is 0 Å². The van der Waals surface area contributed by atoms with E-state index < -0.39 is 30.0 Å². The second-order valence-corrected chi connectivity index (χ2v) is 13.3. The number of piperidine rings is 1. The molecule has 4 rings (SSSR count). The van der Waals surface area contributed by atoms with Gasteiger partial charge in [0.15, 0.2) is 10.9 Å². The summed E-state index contributed by atoms with van der Waals surface area (Å²) in [5, 5.41) is 6.92. The van der Waals surface area contributed by atoms with Crippen LogP contribution in [-0.2, 0) is 30.4 Å². The van der Waals surface area contributed by atoms with Gasteiger partial charge in [0, 0.05) is 49.6 Å². The van der Waals surface area contributed by atoms with Gasteiger partial charge in [0.25, 0.3) is 0 Å². The van der Waals surface area contributed by atoms with Crippen molar-refractivity contribution in [1.82, 2.24) is 20.3 Å². The molecule has 1 aromatic carbocycles. The lowest BCUT2D eigenvalue weighted by Crippen LogP contribution is -2.61. The first-order valence-electron chi connectivity index (χ1n) is 15.8. The highest BCUT2D eigenvalue weighted by Gasteiger charge is 2.40. The highest BCUT2D eigenvalue weighted by molar-refractivity contribution is 8.13. The standard InChI is InChI=1S/C33H46N4O6S/c1-5-21(2)30-33(42)36-16-10-8-15-28(36)29(39)19-23(12-9-11-17-44-22(3)38)31(40)34-26(32(41)35-30)18-24-20-37(43-4)27-14-7-6-13-25(24)27/h6-7,13-14,20-21,23,26,28,30H,5,8-12,15-19H2,1-4H3,(H,34,40)(H,35,41)/t21?,23-,26+,28-,30+/m1/s1. The molecule has 2 fully saturated rings. The number of Topliss-reactive ketones (excluding diaryl/α,β-unsaturated/α-hetero) is 1. The number of amides is 3. The van der Waals surface area contributed by atoms with Gasteiger partial charge in [0.1, 0.15) is 19.2 Å². The van der Waals surface area contributed by atoms with Crippen LogP contribution >= 0.6 is 11.8 Å². The van der Waals surface area contributed by atoms with Crippen molar-refractivity contribution in [3.05, 3.63) is 36.0 Å².